The molecule has 2 heterocycles. The van der Waals surface area contributed by atoms with Crippen LogP contribution in [0, 0.1) is 0 Å². The minimum atomic E-state index is 0.254. The molecule has 12 rings (SSSR count). The van der Waals surface area contributed by atoms with E-state index in [0.717, 1.165) is 89.8 Å². The number of nitrogens with zero attached hydrogens (tertiary/aromatic N) is 4. The lowest BCUT2D eigenvalue weighted by molar-refractivity contribution is 0.476. The maximum absolute atomic E-state index is 10.6. The second-order valence-electron chi connectivity index (χ2n) is 16.4. The maximum Gasteiger partial charge on any atom is 0.116 e. The molecule has 0 amide bonds. The predicted octanol–water partition coefficient (Wildman–Crippen LogP) is 16.5. The Hall–Kier alpha value is -8.80. The van der Waals surface area contributed by atoms with Crippen molar-refractivity contribution in [1.82, 2.24) is 4.57 Å². The third-order valence-electron chi connectivity index (χ3n) is 12.6. The molecule has 0 bridgehead atoms. The Balaban J connectivity index is 0.934. The van der Waals surface area contributed by atoms with E-state index in [9.17, 15) is 5.11 Å². The van der Waals surface area contributed by atoms with Gasteiger partial charge in [-0.2, -0.15) is 0 Å². The van der Waals surface area contributed by atoms with Gasteiger partial charge in [0.05, 0.1) is 33.8 Å². The van der Waals surface area contributed by atoms with Crippen LogP contribution >= 0.6 is 0 Å². The first-order chi connectivity index (χ1) is 32.2. The van der Waals surface area contributed by atoms with E-state index in [1.54, 1.807) is 6.07 Å². The molecule has 1 N–H and O–H groups in total. The van der Waals surface area contributed by atoms with Crippen LogP contribution in [0.4, 0.5) is 51.2 Å². The van der Waals surface area contributed by atoms with Gasteiger partial charge in [0.2, 0.25) is 0 Å². The fourth-order valence-corrected chi connectivity index (χ4v) is 9.56. The molecule has 1 aliphatic heterocycles. The van der Waals surface area contributed by atoms with Gasteiger partial charge < -0.3 is 24.4 Å². The zero-order chi connectivity index (χ0) is 43.3. The molecule has 0 spiro atoms. The monoisotopic (exact) mass is 834 g/mol. The standard InChI is InChI=1S/C60H42N4O/c65-52-37-39-56-54(41-52)53-40-45(28-38-55(53)62(56)46-16-6-2-7-17-46)44-26-31-49(32-27-44)61(48-29-24-43(25-30-48)42-14-4-1-5-15-42)50-33-35-51(36-34-50)64-59-22-12-10-20-57(59)63(47-18-8-3-9-19-47)58-21-11-13-23-60(58)64/h1-41,65H. The van der Waals surface area contributed by atoms with Crippen LogP contribution in [0.3, 0.4) is 0 Å². The van der Waals surface area contributed by atoms with Crippen molar-refractivity contribution in [3.63, 3.8) is 0 Å². The maximum atomic E-state index is 10.6. The van der Waals surface area contributed by atoms with Gasteiger partial charge in [0.25, 0.3) is 0 Å². The van der Waals surface area contributed by atoms with Crippen molar-refractivity contribution in [3.05, 3.63) is 249 Å². The summed E-state index contributed by atoms with van der Waals surface area (Å²) < 4.78 is 2.27. The van der Waals surface area contributed by atoms with Crippen LogP contribution in [0.25, 0.3) is 49.7 Å². The summed E-state index contributed by atoms with van der Waals surface area (Å²) in [5, 5.41) is 12.7. The van der Waals surface area contributed by atoms with Crippen molar-refractivity contribution < 1.29 is 5.11 Å². The number of phenolic OH excluding ortho intramolecular Hbond substituents is 1. The van der Waals surface area contributed by atoms with E-state index < -0.39 is 0 Å². The van der Waals surface area contributed by atoms with Gasteiger partial charge in [-0.1, -0.05) is 121 Å². The molecule has 1 aliphatic rings. The van der Waals surface area contributed by atoms with Crippen molar-refractivity contribution in [2.24, 2.45) is 0 Å². The highest BCUT2D eigenvalue weighted by atomic mass is 16.3. The lowest BCUT2D eigenvalue weighted by Gasteiger charge is -2.40. The second-order valence-corrected chi connectivity index (χ2v) is 16.4. The van der Waals surface area contributed by atoms with E-state index in [1.807, 2.05) is 18.2 Å². The number of aromatic nitrogens is 1. The molecule has 1 aromatic heterocycles. The van der Waals surface area contributed by atoms with Gasteiger partial charge in [-0.05, 0) is 150 Å². The number of rotatable bonds is 8. The Bertz CT molecular complexity index is 3430. The zero-order valence-corrected chi connectivity index (χ0v) is 35.4. The molecule has 308 valence electrons. The van der Waals surface area contributed by atoms with Gasteiger partial charge in [0.15, 0.2) is 0 Å². The van der Waals surface area contributed by atoms with Crippen molar-refractivity contribution >= 4 is 73.0 Å². The Morgan fingerprint density at radius 1 is 0.292 bits per heavy atom. The lowest BCUT2D eigenvalue weighted by atomic mass is 10.0. The summed E-state index contributed by atoms with van der Waals surface area (Å²) in [4.78, 5) is 7.06. The largest absolute Gasteiger partial charge is 0.508 e. The Morgan fingerprint density at radius 3 is 1.18 bits per heavy atom. The first-order valence-electron chi connectivity index (χ1n) is 22.0. The summed E-state index contributed by atoms with van der Waals surface area (Å²) >= 11 is 0. The van der Waals surface area contributed by atoms with Crippen LogP contribution in [0.15, 0.2) is 249 Å². The zero-order valence-electron chi connectivity index (χ0n) is 35.4. The van der Waals surface area contributed by atoms with Gasteiger partial charge in [-0.25, -0.2) is 0 Å². The molecule has 0 radical (unpaired) electrons. The van der Waals surface area contributed by atoms with E-state index in [4.69, 9.17) is 0 Å². The summed E-state index contributed by atoms with van der Waals surface area (Å²) in [7, 11) is 0. The number of para-hydroxylation sites is 6. The van der Waals surface area contributed by atoms with Gasteiger partial charge >= 0.3 is 0 Å². The Labute approximate surface area is 378 Å². The van der Waals surface area contributed by atoms with Crippen molar-refractivity contribution in [2.75, 3.05) is 14.7 Å². The van der Waals surface area contributed by atoms with E-state index in [0.29, 0.717) is 0 Å². The summed E-state index contributed by atoms with van der Waals surface area (Å²) in [6.45, 7) is 0. The molecule has 5 heteroatoms. The summed E-state index contributed by atoms with van der Waals surface area (Å²) in [5.41, 5.74) is 17.7. The van der Waals surface area contributed by atoms with Gasteiger partial charge in [0.1, 0.15) is 5.75 Å². The number of fused-ring (bicyclic) bond motifs is 5. The van der Waals surface area contributed by atoms with Gasteiger partial charge in [-0.3, -0.25) is 0 Å². The Morgan fingerprint density at radius 2 is 0.662 bits per heavy atom. The number of hydrogen-bond acceptors (Lipinski definition) is 4. The van der Waals surface area contributed by atoms with Crippen LogP contribution in [0.1, 0.15) is 0 Å². The smallest absolute Gasteiger partial charge is 0.116 e. The van der Waals surface area contributed by atoms with Crippen molar-refractivity contribution in [1.29, 1.82) is 0 Å². The molecule has 65 heavy (non-hydrogen) atoms. The molecule has 5 nitrogen and oxygen atoms in total. The SMILES string of the molecule is Oc1ccc2c(c1)c1cc(-c3ccc(N(c4ccc(-c5ccccc5)cc4)c4ccc(N5c6ccccc6N(c6ccccc6)c6ccccc65)cc4)cc3)ccc1n2-c1ccccc1. The minimum Gasteiger partial charge on any atom is -0.508 e. The van der Waals surface area contributed by atoms with Crippen LogP contribution in [0.5, 0.6) is 5.75 Å². The van der Waals surface area contributed by atoms with E-state index in [1.165, 1.54) is 11.1 Å². The van der Waals surface area contributed by atoms with E-state index in [-0.39, 0.29) is 5.75 Å². The van der Waals surface area contributed by atoms with Crippen LogP contribution < -0.4 is 14.7 Å². The number of phenols is 1. The molecule has 0 saturated heterocycles. The first-order valence-corrected chi connectivity index (χ1v) is 22.0. The van der Waals surface area contributed by atoms with Crippen LogP contribution in [-0.4, -0.2) is 9.67 Å². The van der Waals surface area contributed by atoms with E-state index >= 15 is 0 Å². The molecular weight excluding hydrogens is 793 g/mol. The summed E-state index contributed by atoms with van der Waals surface area (Å²) in [6, 6.07) is 87.7. The number of anilines is 9. The van der Waals surface area contributed by atoms with Crippen LogP contribution in [-0.2, 0) is 0 Å². The summed E-state index contributed by atoms with van der Waals surface area (Å²) in [6.07, 6.45) is 0. The fraction of sp³-hybridized carbons (Fsp3) is 0. The van der Waals surface area contributed by atoms with Crippen LogP contribution in [0.2, 0.25) is 0 Å². The average Bonchev–Trinajstić information content (AvgIpc) is 3.70. The number of aromatic hydroxyl groups is 1. The minimum absolute atomic E-state index is 0.254. The van der Waals surface area contributed by atoms with Gasteiger partial charge in [0, 0.05) is 44.9 Å². The average molecular weight is 835 g/mol. The molecule has 0 atom stereocenters. The predicted molar refractivity (Wildman–Crippen MR) is 271 cm³/mol. The second kappa shape index (κ2) is 15.8. The first kappa shape index (κ1) is 37.9. The van der Waals surface area contributed by atoms with Crippen molar-refractivity contribution in [2.45, 2.75) is 0 Å². The number of benzene rings is 10. The third-order valence-corrected chi connectivity index (χ3v) is 12.6. The molecular formula is C60H42N4O. The molecule has 0 aliphatic carbocycles. The highest BCUT2D eigenvalue weighted by Gasteiger charge is 2.30. The molecule has 10 aromatic carbocycles. The lowest BCUT2D eigenvalue weighted by Crippen LogP contribution is -2.23. The quantitative estimate of drug-likeness (QED) is 0.165. The van der Waals surface area contributed by atoms with Crippen molar-refractivity contribution in [3.8, 4) is 33.7 Å². The highest BCUT2D eigenvalue weighted by Crippen LogP contribution is 2.54. The third kappa shape index (κ3) is 6.66. The highest BCUT2D eigenvalue weighted by molar-refractivity contribution is 6.11. The topological polar surface area (TPSA) is 34.9 Å². The summed E-state index contributed by atoms with van der Waals surface area (Å²) in [5.74, 6) is 0.254. The normalized spacial score (nSPS) is 12.0. The number of hydrogen-bond donors (Lipinski definition) is 1. The van der Waals surface area contributed by atoms with Gasteiger partial charge in [-0.15, -0.1) is 0 Å². The molecule has 0 unspecified atom stereocenters. The molecule has 0 fully saturated rings. The fourth-order valence-electron chi connectivity index (χ4n) is 9.56. The molecule has 0 saturated carbocycles. The van der Waals surface area contributed by atoms with E-state index in [2.05, 4.69) is 244 Å². The molecule has 11 aromatic rings. The Kier molecular flexibility index (Phi) is 9.24.